The number of aryl methyl sites for hydroxylation is 1. The summed E-state index contributed by atoms with van der Waals surface area (Å²) in [6.07, 6.45) is 0.210. The molecule has 0 radical (unpaired) electrons. The molecular formula is C20H20N2O3S. The molecule has 0 bridgehead atoms. The van der Waals surface area contributed by atoms with Crippen molar-refractivity contribution < 1.29 is 14.3 Å². The lowest BCUT2D eigenvalue weighted by Gasteiger charge is -2.09. The predicted octanol–water partition coefficient (Wildman–Crippen LogP) is 4.32. The van der Waals surface area contributed by atoms with Crippen LogP contribution in [0.5, 0.6) is 11.5 Å². The highest BCUT2D eigenvalue weighted by Gasteiger charge is 2.11. The Morgan fingerprint density at radius 3 is 2.50 bits per heavy atom. The first kappa shape index (κ1) is 17.9. The third-order valence-corrected chi connectivity index (χ3v) is 4.73. The first-order valence-electron chi connectivity index (χ1n) is 8.12. The van der Waals surface area contributed by atoms with Gasteiger partial charge in [-0.3, -0.25) is 4.79 Å². The van der Waals surface area contributed by atoms with Crippen LogP contribution in [0.1, 0.15) is 11.3 Å². The van der Waals surface area contributed by atoms with Crippen LogP contribution in [0.4, 0.5) is 5.69 Å². The van der Waals surface area contributed by atoms with Crippen LogP contribution in [0, 0.1) is 6.92 Å². The first-order chi connectivity index (χ1) is 12.6. The fraction of sp³-hybridized carbons (Fsp3) is 0.200. The minimum atomic E-state index is -0.138. The molecule has 0 fully saturated rings. The summed E-state index contributed by atoms with van der Waals surface area (Å²) in [6, 6.07) is 13.4. The van der Waals surface area contributed by atoms with E-state index in [1.165, 1.54) is 5.56 Å². The van der Waals surface area contributed by atoms with Gasteiger partial charge in [-0.15, -0.1) is 11.3 Å². The molecule has 134 valence electrons. The minimum absolute atomic E-state index is 0.138. The van der Waals surface area contributed by atoms with E-state index in [-0.39, 0.29) is 12.3 Å². The molecule has 1 heterocycles. The highest BCUT2D eigenvalue weighted by atomic mass is 32.1. The average Bonchev–Trinajstić information content (AvgIpc) is 3.09. The summed E-state index contributed by atoms with van der Waals surface area (Å²) < 4.78 is 10.4. The Kier molecular flexibility index (Phi) is 5.53. The monoisotopic (exact) mass is 368 g/mol. The second-order valence-corrected chi connectivity index (χ2v) is 6.70. The number of hydrogen-bond donors (Lipinski definition) is 1. The third-order valence-electron chi connectivity index (χ3n) is 3.79. The number of carbonyl (C=O) groups is 1. The van der Waals surface area contributed by atoms with Crippen LogP contribution in [0.25, 0.3) is 10.6 Å². The van der Waals surface area contributed by atoms with Crippen molar-refractivity contribution in [3.8, 4) is 22.1 Å². The molecule has 1 N–H and O–H groups in total. The Morgan fingerprint density at radius 2 is 1.85 bits per heavy atom. The lowest BCUT2D eigenvalue weighted by Crippen LogP contribution is -2.14. The Hall–Kier alpha value is -2.86. The lowest BCUT2D eigenvalue weighted by atomic mass is 10.1. The predicted molar refractivity (Wildman–Crippen MR) is 104 cm³/mol. The fourth-order valence-corrected chi connectivity index (χ4v) is 3.36. The van der Waals surface area contributed by atoms with Crippen molar-refractivity contribution in [3.05, 3.63) is 59.1 Å². The molecule has 3 rings (SSSR count). The third kappa shape index (κ3) is 4.40. The number of rotatable bonds is 6. The van der Waals surface area contributed by atoms with E-state index >= 15 is 0 Å². The zero-order chi connectivity index (χ0) is 18.5. The van der Waals surface area contributed by atoms with Crippen molar-refractivity contribution in [1.29, 1.82) is 0 Å². The number of hydrogen-bond acceptors (Lipinski definition) is 5. The standard InChI is InChI=1S/C20H20N2O3S/c1-13-5-4-6-14(7-13)20-22-16(12-26-20)10-19(23)21-15-8-17(24-2)11-18(9-15)25-3/h4-9,11-12H,10H2,1-3H3,(H,21,23). The van der Waals surface area contributed by atoms with Crippen LogP contribution in [0.15, 0.2) is 47.8 Å². The number of amides is 1. The summed E-state index contributed by atoms with van der Waals surface area (Å²) in [5.41, 5.74) is 3.63. The molecule has 0 aliphatic heterocycles. The average molecular weight is 368 g/mol. The quantitative estimate of drug-likeness (QED) is 0.704. The zero-order valence-electron chi connectivity index (χ0n) is 14.9. The summed E-state index contributed by atoms with van der Waals surface area (Å²) in [7, 11) is 3.14. The van der Waals surface area contributed by atoms with E-state index in [4.69, 9.17) is 9.47 Å². The van der Waals surface area contributed by atoms with Crippen molar-refractivity contribution in [2.75, 3.05) is 19.5 Å². The number of methoxy groups -OCH3 is 2. The second kappa shape index (κ2) is 8.01. The van der Waals surface area contributed by atoms with E-state index < -0.39 is 0 Å². The van der Waals surface area contributed by atoms with Crippen LogP contribution < -0.4 is 14.8 Å². The molecule has 0 saturated carbocycles. The number of ether oxygens (including phenoxy) is 2. The van der Waals surface area contributed by atoms with Gasteiger partial charge in [-0.05, 0) is 13.0 Å². The number of anilines is 1. The Morgan fingerprint density at radius 1 is 1.12 bits per heavy atom. The molecule has 0 aliphatic carbocycles. The minimum Gasteiger partial charge on any atom is -0.497 e. The molecule has 1 amide bonds. The highest BCUT2D eigenvalue weighted by molar-refractivity contribution is 7.13. The van der Waals surface area contributed by atoms with E-state index in [1.807, 2.05) is 30.5 Å². The van der Waals surface area contributed by atoms with Crippen LogP contribution in [-0.4, -0.2) is 25.1 Å². The number of nitrogens with zero attached hydrogens (tertiary/aromatic N) is 1. The van der Waals surface area contributed by atoms with E-state index in [0.29, 0.717) is 17.2 Å². The molecule has 0 atom stereocenters. The van der Waals surface area contributed by atoms with Crippen LogP contribution >= 0.6 is 11.3 Å². The van der Waals surface area contributed by atoms with Crippen molar-refractivity contribution in [2.45, 2.75) is 13.3 Å². The van der Waals surface area contributed by atoms with Crippen molar-refractivity contribution in [1.82, 2.24) is 4.98 Å². The smallest absolute Gasteiger partial charge is 0.230 e. The van der Waals surface area contributed by atoms with Crippen LogP contribution in [0.2, 0.25) is 0 Å². The van der Waals surface area contributed by atoms with Gasteiger partial charge in [0.15, 0.2) is 0 Å². The van der Waals surface area contributed by atoms with Crippen molar-refractivity contribution >= 4 is 22.9 Å². The molecule has 6 heteroatoms. The van der Waals surface area contributed by atoms with Gasteiger partial charge < -0.3 is 14.8 Å². The maximum absolute atomic E-state index is 12.4. The Balaban J connectivity index is 1.69. The van der Waals surface area contributed by atoms with Gasteiger partial charge in [-0.2, -0.15) is 0 Å². The maximum atomic E-state index is 12.4. The Bertz CT molecular complexity index is 899. The van der Waals surface area contributed by atoms with E-state index in [0.717, 1.165) is 16.3 Å². The number of thiazole rings is 1. The van der Waals surface area contributed by atoms with Gasteiger partial charge in [0.25, 0.3) is 0 Å². The Labute approximate surface area is 156 Å². The van der Waals surface area contributed by atoms with Gasteiger partial charge in [0.05, 0.1) is 26.3 Å². The van der Waals surface area contributed by atoms with Gasteiger partial charge in [0, 0.05) is 34.8 Å². The second-order valence-electron chi connectivity index (χ2n) is 5.84. The van der Waals surface area contributed by atoms with Gasteiger partial charge in [0.1, 0.15) is 16.5 Å². The maximum Gasteiger partial charge on any atom is 0.230 e. The molecule has 26 heavy (non-hydrogen) atoms. The SMILES string of the molecule is COc1cc(NC(=O)Cc2csc(-c3cccc(C)c3)n2)cc(OC)c1. The molecule has 1 aromatic heterocycles. The number of carbonyl (C=O) groups excluding carboxylic acids is 1. The molecule has 2 aromatic carbocycles. The topological polar surface area (TPSA) is 60.5 Å². The van der Waals surface area contributed by atoms with Crippen molar-refractivity contribution in [3.63, 3.8) is 0 Å². The molecule has 0 unspecified atom stereocenters. The largest absolute Gasteiger partial charge is 0.497 e. The molecule has 3 aromatic rings. The molecular weight excluding hydrogens is 348 g/mol. The van der Waals surface area contributed by atoms with E-state index in [1.54, 1.807) is 43.8 Å². The van der Waals surface area contributed by atoms with E-state index in [2.05, 4.69) is 16.4 Å². The number of aromatic nitrogens is 1. The van der Waals surface area contributed by atoms with Crippen LogP contribution in [-0.2, 0) is 11.2 Å². The summed E-state index contributed by atoms with van der Waals surface area (Å²) in [4.78, 5) is 16.9. The summed E-state index contributed by atoms with van der Waals surface area (Å²) in [5, 5.41) is 5.70. The van der Waals surface area contributed by atoms with Crippen LogP contribution in [0.3, 0.4) is 0 Å². The first-order valence-corrected chi connectivity index (χ1v) is 8.99. The molecule has 0 aliphatic rings. The zero-order valence-corrected chi connectivity index (χ0v) is 15.7. The summed E-state index contributed by atoms with van der Waals surface area (Å²) in [6.45, 7) is 2.05. The molecule has 5 nitrogen and oxygen atoms in total. The highest BCUT2D eigenvalue weighted by Crippen LogP contribution is 2.27. The van der Waals surface area contributed by atoms with Crippen molar-refractivity contribution in [2.24, 2.45) is 0 Å². The number of benzene rings is 2. The lowest BCUT2D eigenvalue weighted by molar-refractivity contribution is -0.115. The van der Waals surface area contributed by atoms with Gasteiger partial charge in [0.2, 0.25) is 5.91 Å². The molecule has 0 saturated heterocycles. The summed E-state index contributed by atoms with van der Waals surface area (Å²) in [5.74, 6) is 1.10. The normalized spacial score (nSPS) is 10.4. The fourth-order valence-electron chi connectivity index (χ4n) is 2.55. The van der Waals surface area contributed by atoms with E-state index in [9.17, 15) is 4.79 Å². The van der Waals surface area contributed by atoms with Gasteiger partial charge in [-0.1, -0.05) is 23.8 Å². The molecule has 0 spiro atoms. The summed E-state index contributed by atoms with van der Waals surface area (Å²) >= 11 is 1.54. The van der Waals surface area contributed by atoms with Gasteiger partial charge in [-0.25, -0.2) is 4.98 Å². The van der Waals surface area contributed by atoms with Gasteiger partial charge >= 0.3 is 0 Å². The number of nitrogens with one attached hydrogen (secondary N) is 1.